The van der Waals surface area contributed by atoms with Gasteiger partial charge in [0.05, 0.1) is 0 Å². The zero-order valence-corrected chi connectivity index (χ0v) is 9.30. The zero-order chi connectivity index (χ0) is 10.6. The van der Waals surface area contributed by atoms with E-state index < -0.39 is 11.7 Å². The van der Waals surface area contributed by atoms with Gasteiger partial charge in [0, 0.05) is 11.8 Å². The highest BCUT2D eigenvalue weighted by Gasteiger charge is 2.14. The first-order chi connectivity index (χ1) is 6.47. The summed E-state index contributed by atoms with van der Waals surface area (Å²) in [5.41, 5.74) is 0.434. The fourth-order valence-electron chi connectivity index (χ4n) is 0.764. The van der Waals surface area contributed by atoms with Crippen LogP contribution in [0, 0.1) is 0 Å². The normalized spacial score (nSPS) is 11.9. The second-order valence-electron chi connectivity index (χ2n) is 3.80. The Hall–Kier alpha value is -1.16. The number of hydrogen-bond acceptors (Lipinski definition) is 3. The topological polar surface area (TPSA) is 38.7 Å². The van der Waals surface area contributed by atoms with Crippen LogP contribution in [-0.2, 0) is 4.74 Å². The van der Waals surface area contributed by atoms with Gasteiger partial charge in [-0.05, 0) is 37.6 Å². The Labute approximate surface area is 87.4 Å². The van der Waals surface area contributed by atoms with E-state index in [-0.39, 0.29) is 0 Å². The van der Waals surface area contributed by atoms with Gasteiger partial charge in [-0.15, -0.1) is 0 Å². The first kappa shape index (κ1) is 10.9. The molecule has 1 aromatic rings. The van der Waals surface area contributed by atoms with Crippen LogP contribution in [0.15, 0.2) is 21.8 Å². The summed E-state index contributed by atoms with van der Waals surface area (Å²) < 4.78 is 5.00. The van der Waals surface area contributed by atoms with E-state index in [9.17, 15) is 4.79 Å². The van der Waals surface area contributed by atoms with E-state index in [1.165, 1.54) is 6.21 Å². The van der Waals surface area contributed by atoms with Crippen molar-refractivity contribution >= 4 is 23.6 Å². The molecular weight excluding hydrogens is 198 g/mol. The standard InChI is InChI=1S/C10H13NO2S/c1-10(2,3)13-9(12)11-6-8-4-5-14-7-8/h4-7H,1-3H3/b11-6+. The minimum atomic E-state index is -0.552. The largest absolute Gasteiger partial charge is 0.442 e. The number of rotatable bonds is 1. The second-order valence-corrected chi connectivity index (χ2v) is 4.58. The van der Waals surface area contributed by atoms with Crippen molar-refractivity contribution in [2.75, 3.05) is 0 Å². The van der Waals surface area contributed by atoms with Gasteiger partial charge in [-0.25, -0.2) is 4.79 Å². The van der Waals surface area contributed by atoms with Crippen LogP contribution in [0.3, 0.4) is 0 Å². The Morgan fingerprint density at radius 3 is 2.79 bits per heavy atom. The molecule has 0 saturated heterocycles. The van der Waals surface area contributed by atoms with Gasteiger partial charge in [0.25, 0.3) is 0 Å². The highest BCUT2D eigenvalue weighted by Crippen LogP contribution is 2.08. The molecule has 0 aromatic carbocycles. The summed E-state index contributed by atoms with van der Waals surface area (Å²) in [6.07, 6.45) is 0.952. The first-order valence-corrected chi connectivity index (χ1v) is 5.21. The average Bonchev–Trinajstić information content (AvgIpc) is 2.49. The average molecular weight is 211 g/mol. The van der Waals surface area contributed by atoms with Gasteiger partial charge in [0.15, 0.2) is 0 Å². The number of carbonyl (C=O) groups excluding carboxylic acids is 1. The molecule has 0 bridgehead atoms. The Morgan fingerprint density at radius 1 is 1.57 bits per heavy atom. The fraction of sp³-hybridized carbons (Fsp3) is 0.400. The van der Waals surface area contributed by atoms with E-state index >= 15 is 0 Å². The Balaban J connectivity index is 2.49. The second kappa shape index (κ2) is 4.37. The highest BCUT2D eigenvalue weighted by atomic mass is 32.1. The van der Waals surface area contributed by atoms with E-state index in [4.69, 9.17) is 4.74 Å². The predicted octanol–water partition coefficient (Wildman–Crippen LogP) is 3.10. The molecule has 4 heteroatoms. The highest BCUT2D eigenvalue weighted by molar-refractivity contribution is 7.08. The molecule has 0 saturated carbocycles. The molecule has 1 rings (SSSR count). The Kier molecular flexibility index (Phi) is 3.41. The van der Waals surface area contributed by atoms with Crippen LogP contribution in [0.4, 0.5) is 4.79 Å². The van der Waals surface area contributed by atoms with E-state index in [2.05, 4.69) is 4.99 Å². The molecule has 0 aliphatic heterocycles. The number of ether oxygens (including phenoxy) is 1. The number of nitrogens with zero attached hydrogens (tertiary/aromatic N) is 1. The van der Waals surface area contributed by atoms with E-state index in [0.29, 0.717) is 0 Å². The molecule has 76 valence electrons. The minimum Gasteiger partial charge on any atom is -0.442 e. The number of hydrogen-bond donors (Lipinski definition) is 0. The molecule has 1 amide bonds. The summed E-state index contributed by atoms with van der Waals surface area (Å²) >= 11 is 1.56. The van der Waals surface area contributed by atoms with E-state index in [1.54, 1.807) is 11.3 Å². The molecule has 1 heterocycles. The molecule has 1 aromatic heterocycles. The van der Waals surface area contributed by atoms with Crippen LogP contribution in [0.2, 0.25) is 0 Å². The maximum atomic E-state index is 11.1. The molecule has 0 unspecified atom stereocenters. The van der Waals surface area contributed by atoms with Crippen LogP contribution in [-0.4, -0.2) is 17.9 Å². The third-order valence-electron chi connectivity index (χ3n) is 1.26. The van der Waals surface area contributed by atoms with Gasteiger partial charge >= 0.3 is 6.09 Å². The molecule has 0 spiro atoms. The van der Waals surface area contributed by atoms with Crippen LogP contribution in [0.1, 0.15) is 26.3 Å². The lowest BCUT2D eigenvalue weighted by molar-refractivity contribution is 0.0605. The summed E-state index contributed by atoms with van der Waals surface area (Å²) in [5.74, 6) is 0. The third-order valence-corrected chi connectivity index (χ3v) is 1.96. The van der Waals surface area contributed by atoms with E-state index in [1.807, 2.05) is 37.6 Å². The maximum absolute atomic E-state index is 11.1. The first-order valence-electron chi connectivity index (χ1n) is 4.26. The predicted molar refractivity (Wildman–Crippen MR) is 58.1 cm³/mol. The van der Waals surface area contributed by atoms with Gasteiger partial charge < -0.3 is 4.74 Å². The summed E-state index contributed by atoms with van der Waals surface area (Å²) in [7, 11) is 0. The molecular formula is C10H13NO2S. The minimum absolute atomic E-state index is 0.483. The molecule has 14 heavy (non-hydrogen) atoms. The summed E-state index contributed by atoms with van der Waals surface area (Å²) in [6, 6.07) is 1.89. The molecule has 0 fully saturated rings. The smallest absolute Gasteiger partial charge is 0.434 e. The lowest BCUT2D eigenvalue weighted by Gasteiger charge is -2.16. The monoisotopic (exact) mass is 211 g/mol. The van der Waals surface area contributed by atoms with Gasteiger partial charge in [-0.3, -0.25) is 0 Å². The summed E-state index contributed by atoms with van der Waals surface area (Å²) in [6.45, 7) is 5.43. The lowest BCUT2D eigenvalue weighted by Crippen LogP contribution is -2.21. The third kappa shape index (κ3) is 4.18. The van der Waals surface area contributed by atoms with Crippen molar-refractivity contribution in [3.05, 3.63) is 22.4 Å². The van der Waals surface area contributed by atoms with Crippen molar-refractivity contribution in [3.63, 3.8) is 0 Å². The van der Waals surface area contributed by atoms with Crippen molar-refractivity contribution in [3.8, 4) is 0 Å². The van der Waals surface area contributed by atoms with Gasteiger partial charge in [0.1, 0.15) is 5.60 Å². The van der Waals surface area contributed by atoms with E-state index in [0.717, 1.165) is 5.56 Å². The SMILES string of the molecule is CC(C)(C)OC(=O)/N=C/c1ccsc1. The van der Waals surface area contributed by atoms with Gasteiger partial charge in [-0.1, -0.05) is 0 Å². The Morgan fingerprint density at radius 2 is 2.29 bits per heavy atom. The van der Waals surface area contributed by atoms with Gasteiger partial charge in [0.2, 0.25) is 0 Å². The zero-order valence-electron chi connectivity index (χ0n) is 8.48. The number of aliphatic imine (C=N–C) groups is 1. The number of thiophene rings is 1. The Bertz CT molecular complexity index is 322. The molecule has 3 nitrogen and oxygen atoms in total. The van der Waals surface area contributed by atoms with Crippen molar-refractivity contribution < 1.29 is 9.53 Å². The molecule has 0 aliphatic rings. The molecule has 0 radical (unpaired) electrons. The van der Waals surface area contributed by atoms with Crippen molar-refractivity contribution in [2.24, 2.45) is 4.99 Å². The number of amides is 1. The fourth-order valence-corrected chi connectivity index (χ4v) is 1.37. The number of carbonyl (C=O) groups is 1. The van der Waals surface area contributed by atoms with Gasteiger partial charge in [-0.2, -0.15) is 16.3 Å². The van der Waals surface area contributed by atoms with Crippen molar-refractivity contribution in [1.82, 2.24) is 0 Å². The van der Waals surface area contributed by atoms with Crippen LogP contribution in [0.25, 0.3) is 0 Å². The van der Waals surface area contributed by atoms with Crippen LogP contribution in [0.5, 0.6) is 0 Å². The molecule has 0 aliphatic carbocycles. The summed E-state index contributed by atoms with van der Waals surface area (Å²) in [4.78, 5) is 14.8. The lowest BCUT2D eigenvalue weighted by atomic mass is 10.2. The quantitative estimate of drug-likeness (QED) is 0.669. The maximum Gasteiger partial charge on any atom is 0.434 e. The van der Waals surface area contributed by atoms with Crippen molar-refractivity contribution in [1.29, 1.82) is 0 Å². The molecule has 0 atom stereocenters. The summed E-state index contributed by atoms with van der Waals surface area (Å²) in [5, 5.41) is 3.84. The van der Waals surface area contributed by atoms with Crippen molar-refractivity contribution in [2.45, 2.75) is 26.4 Å². The molecule has 0 N–H and O–H groups in total. The van der Waals surface area contributed by atoms with Crippen LogP contribution < -0.4 is 0 Å². The van der Waals surface area contributed by atoms with Crippen LogP contribution >= 0.6 is 11.3 Å².